The molecule has 2 aromatic rings. The second-order valence-electron chi connectivity index (χ2n) is 6.00. The number of nitrogens with one attached hydrogen (secondary N) is 1. The molecule has 2 heterocycles. The van der Waals surface area contributed by atoms with Crippen LogP contribution in [0.1, 0.15) is 21.7 Å². The largest absolute Gasteiger partial charge is 0.379 e. The quantitative estimate of drug-likeness (QED) is 0.905. The lowest BCUT2D eigenvalue weighted by molar-refractivity contribution is 0.0383. The van der Waals surface area contributed by atoms with Crippen molar-refractivity contribution in [3.05, 3.63) is 47.3 Å². The summed E-state index contributed by atoms with van der Waals surface area (Å²) in [6, 6.07) is 9.87. The van der Waals surface area contributed by atoms with Gasteiger partial charge in [-0.1, -0.05) is 18.2 Å². The molecule has 6 heteroatoms. The van der Waals surface area contributed by atoms with Gasteiger partial charge < -0.3 is 10.1 Å². The number of hydrogen-bond donors (Lipinski definition) is 1. The third-order valence-corrected chi connectivity index (χ3v) is 4.34. The highest BCUT2D eigenvalue weighted by molar-refractivity contribution is 5.96. The minimum Gasteiger partial charge on any atom is -0.379 e. The van der Waals surface area contributed by atoms with Crippen molar-refractivity contribution in [1.82, 2.24) is 20.0 Å². The molecule has 24 heavy (non-hydrogen) atoms. The van der Waals surface area contributed by atoms with Crippen LogP contribution in [0, 0.1) is 13.8 Å². The van der Waals surface area contributed by atoms with Crippen LogP contribution in [-0.2, 0) is 4.74 Å². The molecule has 0 radical (unpaired) electrons. The summed E-state index contributed by atoms with van der Waals surface area (Å²) in [5.74, 6) is -0.0551. The second-order valence-corrected chi connectivity index (χ2v) is 6.00. The number of aromatic nitrogens is 2. The third kappa shape index (κ3) is 3.66. The summed E-state index contributed by atoms with van der Waals surface area (Å²) in [6.07, 6.45) is 0. The van der Waals surface area contributed by atoms with Crippen molar-refractivity contribution < 1.29 is 9.53 Å². The average molecular weight is 328 g/mol. The number of hydrogen-bond acceptors (Lipinski definition) is 4. The van der Waals surface area contributed by atoms with Crippen molar-refractivity contribution in [2.75, 3.05) is 39.4 Å². The number of rotatable bonds is 5. The van der Waals surface area contributed by atoms with Crippen LogP contribution in [-0.4, -0.2) is 60.0 Å². The van der Waals surface area contributed by atoms with Gasteiger partial charge in [0.15, 0.2) is 0 Å². The molecule has 0 saturated carbocycles. The van der Waals surface area contributed by atoms with Crippen LogP contribution < -0.4 is 5.32 Å². The van der Waals surface area contributed by atoms with Gasteiger partial charge in [0, 0.05) is 26.2 Å². The van der Waals surface area contributed by atoms with E-state index in [0.717, 1.165) is 49.9 Å². The number of aryl methyl sites for hydroxylation is 1. The van der Waals surface area contributed by atoms with Crippen LogP contribution in [0.15, 0.2) is 30.3 Å². The molecule has 0 unspecified atom stereocenters. The Labute approximate surface area is 142 Å². The Balaban J connectivity index is 1.65. The summed E-state index contributed by atoms with van der Waals surface area (Å²) in [7, 11) is 0. The number of benzene rings is 1. The summed E-state index contributed by atoms with van der Waals surface area (Å²) in [5.41, 5.74) is 3.24. The molecule has 1 aliphatic heterocycles. The van der Waals surface area contributed by atoms with E-state index in [2.05, 4.69) is 15.3 Å². The highest BCUT2D eigenvalue weighted by Gasteiger charge is 2.19. The van der Waals surface area contributed by atoms with Crippen molar-refractivity contribution in [1.29, 1.82) is 0 Å². The lowest BCUT2D eigenvalue weighted by atomic mass is 10.2. The van der Waals surface area contributed by atoms with Gasteiger partial charge in [0.25, 0.3) is 5.91 Å². The molecule has 1 aromatic heterocycles. The zero-order valence-corrected chi connectivity index (χ0v) is 14.3. The monoisotopic (exact) mass is 328 g/mol. The predicted molar refractivity (Wildman–Crippen MR) is 92.6 cm³/mol. The lowest BCUT2D eigenvalue weighted by Crippen LogP contribution is -2.41. The van der Waals surface area contributed by atoms with Crippen LogP contribution in [0.5, 0.6) is 0 Å². The molecule has 0 atom stereocenters. The van der Waals surface area contributed by atoms with Crippen molar-refractivity contribution in [2.45, 2.75) is 13.8 Å². The average Bonchev–Trinajstić information content (AvgIpc) is 2.91. The van der Waals surface area contributed by atoms with E-state index in [1.165, 1.54) is 0 Å². The number of amides is 1. The number of para-hydroxylation sites is 1. The van der Waals surface area contributed by atoms with Crippen LogP contribution in [0.3, 0.4) is 0 Å². The molecule has 128 valence electrons. The van der Waals surface area contributed by atoms with E-state index in [1.807, 2.05) is 48.9 Å². The Bertz CT molecular complexity index is 691. The van der Waals surface area contributed by atoms with Crippen molar-refractivity contribution in [3.8, 4) is 5.69 Å². The molecule has 0 spiro atoms. The number of carbonyl (C=O) groups excluding carboxylic acids is 1. The third-order valence-electron chi connectivity index (χ3n) is 4.34. The van der Waals surface area contributed by atoms with E-state index in [0.29, 0.717) is 12.1 Å². The minimum absolute atomic E-state index is 0.0551. The van der Waals surface area contributed by atoms with Gasteiger partial charge in [0.05, 0.1) is 35.9 Å². The first-order valence-electron chi connectivity index (χ1n) is 8.37. The van der Waals surface area contributed by atoms with Gasteiger partial charge in [-0.05, 0) is 26.0 Å². The Morgan fingerprint density at radius 3 is 2.62 bits per heavy atom. The summed E-state index contributed by atoms with van der Waals surface area (Å²) in [6.45, 7) is 8.70. The number of nitrogens with zero attached hydrogens (tertiary/aromatic N) is 3. The minimum atomic E-state index is -0.0551. The molecule has 1 saturated heterocycles. The van der Waals surface area contributed by atoms with E-state index in [1.54, 1.807) is 0 Å². The summed E-state index contributed by atoms with van der Waals surface area (Å²) >= 11 is 0. The molecule has 1 N–H and O–H groups in total. The predicted octanol–water partition coefficient (Wildman–Crippen LogP) is 1.55. The Morgan fingerprint density at radius 2 is 1.92 bits per heavy atom. The van der Waals surface area contributed by atoms with E-state index < -0.39 is 0 Å². The zero-order chi connectivity index (χ0) is 16.9. The number of carbonyl (C=O) groups is 1. The van der Waals surface area contributed by atoms with E-state index in [-0.39, 0.29) is 5.91 Å². The molecule has 1 aromatic carbocycles. The SMILES string of the molecule is Cc1nn(-c2ccccc2)c(C)c1C(=O)NCCN1CCOCC1. The second kappa shape index (κ2) is 7.59. The molecule has 1 fully saturated rings. The highest BCUT2D eigenvalue weighted by atomic mass is 16.5. The molecular weight excluding hydrogens is 304 g/mol. The van der Waals surface area contributed by atoms with Gasteiger partial charge >= 0.3 is 0 Å². The Morgan fingerprint density at radius 1 is 1.21 bits per heavy atom. The first-order valence-corrected chi connectivity index (χ1v) is 8.37. The molecule has 6 nitrogen and oxygen atoms in total. The van der Waals surface area contributed by atoms with Crippen molar-refractivity contribution in [2.24, 2.45) is 0 Å². The van der Waals surface area contributed by atoms with Gasteiger partial charge in [-0.15, -0.1) is 0 Å². The lowest BCUT2D eigenvalue weighted by Gasteiger charge is -2.26. The molecule has 0 aliphatic carbocycles. The summed E-state index contributed by atoms with van der Waals surface area (Å²) in [5, 5.41) is 7.55. The first kappa shape index (κ1) is 16.7. The number of morpholine rings is 1. The van der Waals surface area contributed by atoms with Gasteiger partial charge in [-0.3, -0.25) is 9.69 Å². The Kier molecular flexibility index (Phi) is 5.27. The fourth-order valence-electron chi connectivity index (χ4n) is 3.03. The van der Waals surface area contributed by atoms with E-state index in [4.69, 9.17) is 4.74 Å². The zero-order valence-electron chi connectivity index (χ0n) is 14.3. The van der Waals surface area contributed by atoms with Gasteiger partial charge in [-0.2, -0.15) is 5.10 Å². The molecule has 3 rings (SSSR count). The van der Waals surface area contributed by atoms with Crippen molar-refractivity contribution >= 4 is 5.91 Å². The fraction of sp³-hybridized carbons (Fsp3) is 0.444. The normalized spacial score (nSPS) is 15.4. The maximum atomic E-state index is 12.6. The van der Waals surface area contributed by atoms with Crippen molar-refractivity contribution in [3.63, 3.8) is 0 Å². The molecule has 1 aliphatic rings. The standard InChI is InChI=1S/C18H24N4O2/c1-14-17(15(2)22(20-14)16-6-4-3-5-7-16)18(23)19-8-9-21-10-12-24-13-11-21/h3-7H,8-13H2,1-2H3,(H,19,23). The van der Waals surface area contributed by atoms with Crippen LogP contribution in [0.25, 0.3) is 5.69 Å². The summed E-state index contributed by atoms with van der Waals surface area (Å²) in [4.78, 5) is 14.9. The Hall–Kier alpha value is -2.18. The van der Waals surface area contributed by atoms with E-state index >= 15 is 0 Å². The van der Waals surface area contributed by atoms with Gasteiger partial charge in [0.2, 0.25) is 0 Å². The summed E-state index contributed by atoms with van der Waals surface area (Å²) < 4.78 is 7.16. The van der Waals surface area contributed by atoms with Crippen LogP contribution in [0.4, 0.5) is 0 Å². The smallest absolute Gasteiger partial charge is 0.255 e. The van der Waals surface area contributed by atoms with Gasteiger partial charge in [0.1, 0.15) is 0 Å². The maximum absolute atomic E-state index is 12.6. The number of ether oxygens (including phenoxy) is 1. The van der Waals surface area contributed by atoms with E-state index in [9.17, 15) is 4.79 Å². The molecule has 1 amide bonds. The molecular formula is C18H24N4O2. The molecule has 0 bridgehead atoms. The highest BCUT2D eigenvalue weighted by Crippen LogP contribution is 2.17. The maximum Gasteiger partial charge on any atom is 0.255 e. The van der Waals surface area contributed by atoms with Crippen LogP contribution in [0.2, 0.25) is 0 Å². The van der Waals surface area contributed by atoms with Gasteiger partial charge in [-0.25, -0.2) is 4.68 Å². The topological polar surface area (TPSA) is 59.4 Å². The fourth-order valence-corrected chi connectivity index (χ4v) is 3.03. The first-order chi connectivity index (χ1) is 11.7. The van der Waals surface area contributed by atoms with Crippen LogP contribution >= 0.6 is 0 Å².